The first-order chi connectivity index (χ1) is 9.60. The minimum absolute atomic E-state index is 0.0191. The van der Waals surface area contributed by atoms with E-state index < -0.39 is 0 Å². The maximum Gasteiger partial charge on any atom is 0.246 e. The zero-order chi connectivity index (χ0) is 14.5. The highest BCUT2D eigenvalue weighted by atomic mass is 16.5. The van der Waals surface area contributed by atoms with Crippen LogP contribution in [0.15, 0.2) is 24.5 Å². The van der Waals surface area contributed by atoms with Crippen molar-refractivity contribution in [3.63, 3.8) is 0 Å². The van der Waals surface area contributed by atoms with Crippen molar-refractivity contribution < 1.29 is 14.6 Å². The van der Waals surface area contributed by atoms with Gasteiger partial charge in [-0.3, -0.25) is 9.78 Å². The Morgan fingerprint density at radius 2 is 2.40 bits per heavy atom. The molecule has 1 fully saturated rings. The number of hydrogen-bond acceptors (Lipinski definition) is 4. The Bertz CT molecular complexity index is 502. The average molecular weight is 276 g/mol. The van der Waals surface area contributed by atoms with Gasteiger partial charge < -0.3 is 14.7 Å². The summed E-state index contributed by atoms with van der Waals surface area (Å²) in [5.74, 6) is -0.0687. The van der Waals surface area contributed by atoms with Gasteiger partial charge >= 0.3 is 0 Å². The summed E-state index contributed by atoms with van der Waals surface area (Å²) in [6.07, 6.45) is 6.51. The van der Waals surface area contributed by atoms with E-state index in [1.165, 1.54) is 0 Å². The molecule has 0 bridgehead atoms. The summed E-state index contributed by atoms with van der Waals surface area (Å²) < 4.78 is 5.42. The monoisotopic (exact) mass is 276 g/mol. The van der Waals surface area contributed by atoms with Gasteiger partial charge in [0.25, 0.3) is 0 Å². The molecular formula is C15H20N2O3. The molecule has 1 aliphatic heterocycles. The number of rotatable bonds is 3. The second-order valence-electron chi connectivity index (χ2n) is 5.11. The summed E-state index contributed by atoms with van der Waals surface area (Å²) >= 11 is 0. The number of aliphatic hydroxyl groups is 1. The van der Waals surface area contributed by atoms with Crippen LogP contribution in [-0.4, -0.2) is 52.8 Å². The number of carbonyl (C=O) groups excluding carboxylic acids is 1. The maximum atomic E-state index is 12.2. The van der Waals surface area contributed by atoms with Crippen LogP contribution in [0.2, 0.25) is 0 Å². The van der Waals surface area contributed by atoms with E-state index in [0.29, 0.717) is 13.2 Å². The van der Waals surface area contributed by atoms with Crippen molar-refractivity contribution in [1.29, 1.82) is 0 Å². The molecule has 1 aliphatic rings. The third-order valence-corrected chi connectivity index (χ3v) is 3.31. The smallest absolute Gasteiger partial charge is 0.246 e. The molecule has 0 radical (unpaired) electrons. The fourth-order valence-electron chi connectivity index (χ4n) is 2.17. The third kappa shape index (κ3) is 3.65. The topological polar surface area (TPSA) is 62.7 Å². The van der Waals surface area contributed by atoms with Crippen LogP contribution in [0.5, 0.6) is 0 Å². The van der Waals surface area contributed by atoms with E-state index in [1.54, 1.807) is 29.4 Å². The molecule has 1 aromatic heterocycles. The maximum absolute atomic E-state index is 12.2. The van der Waals surface area contributed by atoms with Gasteiger partial charge in [0.1, 0.15) is 0 Å². The van der Waals surface area contributed by atoms with E-state index in [0.717, 1.165) is 11.1 Å². The van der Waals surface area contributed by atoms with Crippen molar-refractivity contribution in [2.75, 3.05) is 19.8 Å². The first-order valence-electron chi connectivity index (χ1n) is 6.73. The van der Waals surface area contributed by atoms with Crippen molar-refractivity contribution in [3.05, 3.63) is 35.7 Å². The van der Waals surface area contributed by atoms with E-state index in [-0.39, 0.29) is 24.7 Å². The Balaban J connectivity index is 2.03. The summed E-state index contributed by atoms with van der Waals surface area (Å²) in [4.78, 5) is 18.0. The molecule has 0 aromatic carbocycles. The minimum Gasteiger partial charge on any atom is -0.394 e. The first kappa shape index (κ1) is 14.7. The lowest BCUT2D eigenvalue weighted by Crippen LogP contribution is -2.51. The zero-order valence-corrected chi connectivity index (χ0v) is 11.8. The van der Waals surface area contributed by atoms with Gasteiger partial charge in [-0.05, 0) is 37.1 Å². The number of hydrogen-bond donors (Lipinski definition) is 1. The lowest BCUT2D eigenvalue weighted by Gasteiger charge is -2.36. The van der Waals surface area contributed by atoms with Crippen molar-refractivity contribution >= 4 is 12.0 Å². The van der Waals surface area contributed by atoms with Crippen LogP contribution in [0.1, 0.15) is 18.1 Å². The van der Waals surface area contributed by atoms with Crippen molar-refractivity contribution in [2.45, 2.75) is 26.0 Å². The normalized spacial score (nSPS) is 23.2. The number of morpholine rings is 1. The number of amides is 1. The van der Waals surface area contributed by atoms with Gasteiger partial charge in [0.05, 0.1) is 25.4 Å². The van der Waals surface area contributed by atoms with Crippen molar-refractivity contribution in [2.24, 2.45) is 0 Å². The summed E-state index contributed by atoms with van der Waals surface area (Å²) in [6, 6.07) is 1.99. The van der Waals surface area contributed by atoms with Gasteiger partial charge in [-0.2, -0.15) is 0 Å². The van der Waals surface area contributed by atoms with Gasteiger partial charge in [-0.25, -0.2) is 0 Å². The largest absolute Gasteiger partial charge is 0.394 e. The number of aromatic nitrogens is 1. The Kier molecular flexibility index (Phi) is 4.87. The van der Waals surface area contributed by atoms with Crippen molar-refractivity contribution in [1.82, 2.24) is 9.88 Å². The van der Waals surface area contributed by atoms with Crippen molar-refractivity contribution in [3.8, 4) is 0 Å². The van der Waals surface area contributed by atoms with Crippen LogP contribution in [0.25, 0.3) is 6.08 Å². The Labute approximate surface area is 118 Å². The van der Waals surface area contributed by atoms with E-state index in [2.05, 4.69) is 4.98 Å². The molecule has 1 N–H and O–H groups in total. The third-order valence-electron chi connectivity index (χ3n) is 3.31. The lowest BCUT2D eigenvalue weighted by molar-refractivity contribution is -0.140. The first-order valence-corrected chi connectivity index (χ1v) is 6.73. The van der Waals surface area contributed by atoms with Gasteiger partial charge in [-0.15, -0.1) is 0 Å². The molecular weight excluding hydrogens is 256 g/mol. The minimum atomic E-state index is -0.288. The van der Waals surface area contributed by atoms with E-state index >= 15 is 0 Å². The molecule has 108 valence electrons. The molecule has 0 aliphatic carbocycles. The fraction of sp³-hybridized carbons (Fsp3) is 0.467. The summed E-state index contributed by atoms with van der Waals surface area (Å²) in [7, 11) is 0. The molecule has 2 rings (SSSR count). The predicted molar refractivity (Wildman–Crippen MR) is 76.0 cm³/mol. The summed E-state index contributed by atoms with van der Waals surface area (Å²) in [5.41, 5.74) is 1.96. The van der Waals surface area contributed by atoms with Crippen LogP contribution in [-0.2, 0) is 9.53 Å². The molecule has 5 heteroatoms. The number of ether oxygens (including phenoxy) is 1. The average Bonchev–Trinajstić information content (AvgIpc) is 2.45. The highest BCUT2D eigenvalue weighted by Crippen LogP contribution is 2.13. The second kappa shape index (κ2) is 6.63. The molecule has 0 spiro atoms. The van der Waals surface area contributed by atoms with Gasteiger partial charge in [0.2, 0.25) is 5.91 Å². The number of aryl methyl sites for hydroxylation is 1. The second-order valence-corrected chi connectivity index (χ2v) is 5.11. The molecule has 5 nitrogen and oxygen atoms in total. The molecule has 2 unspecified atom stereocenters. The summed E-state index contributed by atoms with van der Waals surface area (Å²) in [6.45, 7) is 4.71. The van der Waals surface area contributed by atoms with Gasteiger partial charge in [0, 0.05) is 25.0 Å². The van der Waals surface area contributed by atoms with Crippen LogP contribution in [0, 0.1) is 6.92 Å². The molecule has 1 saturated heterocycles. The van der Waals surface area contributed by atoms with Gasteiger partial charge in [0.15, 0.2) is 0 Å². The Morgan fingerprint density at radius 1 is 1.60 bits per heavy atom. The van der Waals surface area contributed by atoms with E-state index in [1.807, 2.05) is 19.9 Å². The molecule has 1 amide bonds. The highest BCUT2D eigenvalue weighted by molar-refractivity contribution is 5.92. The van der Waals surface area contributed by atoms with Crippen LogP contribution < -0.4 is 0 Å². The molecule has 20 heavy (non-hydrogen) atoms. The molecule has 2 atom stereocenters. The lowest BCUT2D eigenvalue weighted by atomic mass is 10.1. The number of pyridine rings is 1. The SMILES string of the molecule is Cc1cncc(/C=C/C(=O)N2CC(CO)OCC2C)c1. The predicted octanol–water partition coefficient (Wildman–Crippen LogP) is 1.01. The highest BCUT2D eigenvalue weighted by Gasteiger charge is 2.27. The molecule has 2 heterocycles. The molecule has 0 saturated carbocycles. The fourth-order valence-corrected chi connectivity index (χ4v) is 2.17. The zero-order valence-electron chi connectivity index (χ0n) is 11.8. The van der Waals surface area contributed by atoms with E-state index in [4.69, 9.17) is 9.84 Å². The van der Waals surface area contributed by atoms with Crippen LogP contribution >= 0.6 is 0 Å². The standard InChI is InChI=1S/C15H20N2O3/c1-11-5-13(7-16-6-11)3-4-15(19)17-8-14(9-18)20-10-12(17)2/h3-7,12,14,18H,8-10H2,1-2H3/b4-3+. The van der Waals surface area contributed by atoms with E-state index in [9.17, 15) is 4.79 Å². The molecule has 1 aromatic rings. The van der Waals surface area contributed by atoms with Crippen LogP contribution in [0.4, 0.5) is 0 Å². The number of nitrogens with zero attached hydrogens (tertiary/aromatic N) is 2. The van der Waals surface area contributed by atoms with Gasteiger partial charge in [-0.1, -0.05) is 0 Å². The summed E-state index contributed by atoms with van der Waals surface area (Å²) in [5, 5.41) is 9.13. The number of aliphatic hydroxyl groups excluding tert-OH is 1. The Morgan fingerprint density at radius 3 is 3.10 bits per heavy atom. The number of carbonyl (C=O) groups is 1. The Hall–Kier alpha value is -1.72. The van der Waals surface area contributed by atoms with Crippen LogP contribution in [0.3, 0.4) is 0 Å². The quantitative estimate of drug-likeness (QED) is 0.837.